The van der Waals surface area contributed by atoms with E-state index in [4.69, 9.17) is 0 Å². The van der Waals surface area contributed by atoms with Crippen molar-refractivity contribution in [3.8, 4) is 0 Å². The van der Waals surface area contributed by atoms with E-state index >= 15 is 0 Å². The lowest BCUT2D eigenvalue weighted by Crippen LogP contribution is -2.37. The molecule has 0 fully saturated rings. The molecule has 0 saturated carbocycles. The van der Waals surface area contributed by atoms with E-state index in [2.05, 4.69) is 40.5 Å². The summed E-state index contributed by atoms with van der Waals surface area (Å²) in [5.74, 6) is 0.0357. The molecule has 1 amide bonds. The predicted octanol–water partition coefficient (Wildman–Crippen LogP) is 3.69. The van der Waals surface area contributed by atoms with Gasteiger partial charge in [0.2, 0.25) is 0 Å². The summed E-state index contributed by atoms with van der Waals surface area (Å²) < 4.78 is 1.16. The Bertz CT molecular complexity index is 838. The minimum atomic E-state index is 0.0357. The van der Waals surface area contributed by atoms with E-state index < -0.39 is 0 Å². The lowest BCUT2D eigenvalue weighted by atomic mass is 10.00. The number of benzene rings is 2. The fourth-order valence-corrected chi connectivity index (χ4v) is 4.23. The lowest BCUT2D eigenvalue weighted by molar-refractivity contribution is 0.0951. The molecule has 0 atom stereocenters. The summed E-state index contributed by atoms with van der Waals surface area (Å²) in [7, 11) is 0. The quantitative estimate of drug-likeness (QED) is 0.788. The molecule has 0 spiro atoms. The first kappa shape index (κ1) is 15.4. The zero-order valence-corrected chi connectivity index (χ0v) is 14.3. The number of amides is 1. The van der Waals surface area contributed by atoms with E-state index in [1.807, 2.05) is 24.3 Å². The van der Waals surface area contributed by atoms with Gasteiger partial charge in [0.25, 0.3) is 5.91 Å². The maximum absolute atomic E-state index is 12.3. The molecule has 3 nitrogen and oxygen atoms in total. The van der Waals surface area contributed by atoms with Crippen molar-refractivity contribution in [2.75, 3.05) is 19.6 Å². The highest BCUT2D eigenvalue weighted by molar-refractivity contribution is 7.20. The van der Waals surface area contributed by atoms with E-state index in [1.165, 1.54) is 11.1 Å². The highest BCUT2D eigenvalue weighted by Gasteiger charge is 2.16. The standard InChI is InChI=1S/C20H20N2OS/c23-20(19-13-16-6-3-4-8-18(16)24-19)21-10-12-22-11-9-15-5-1-2-7-17(15)14-22/h1-8,13H,9-12,14H2,(H,21,23). The Morgan fingerprint density at radius 1 is 1.08 bits per heavy atom. The summed E-state index contributed by atoms with van der Waals surface area (Å²) in [6, 6.07) is 18.7. The summed E-state index contributed by atoms with van der Waals surface area (Å²) in [5, 5.41) is 4.20. The number of carbonyl (C=O) groups excluding carboxylic acids is 1. The van der Waals surface area contributed by atoms with Gasteiger partial charge in [-0.2, -0.15) is 0 Å². The highest BCUT2D eigenvalue weighted by Crippen LogP contribution is 2.25. The van der Waals surface area contributed by atoms with E-state index in [1.54, 1.807) is 11.3 Å². The minimum Gasteiger partial charge on any atom is -0.350 e. The minimum absolute atomic E-state index is 0.0357. The number of hydrogen-bond donors (Lipinski definition) is 1. The summed E-state index contributed by atoms with van der Waals surface area (Å²) in [6.45, 7) is 3.63. The molecule has 2 aromatic carbocycles. The van der Waals surface area contributed by atoms with Crippen LogP contribution < -0.4 is 5.32 Å². The van der Waals surface area contributed by atoms with Crippen molar-refractivity contribution >= 4 is 27.3 Å². The van der Waals surface area contributed by atoms with Crippen molar-refractivity contribution in [2.45, 2.75) is 13.0 Å². The molecule has 0 unspecified atom stereocenters. The number of hydrogen-bond acceptors (Lipinski definition) is 3. The van der Waals surface area contributed by atoms with Crippen LogP contribution in [0.5, 0.6) is 0 Å². The Balaban J connectivity index is 1.32. The fraction of sp³-hybridized carbons (Fsp3) is 0.250. The molecule has 122 valence electrons. The van der Waals surface area contributed by atoms with Gasteiger partial charge in [0, 0.05) is 30.9 Å². The molecule has 4 rings (SSSR count). The van der Waals surface area contributed by atoms with E-state index in [9.17, 15) is 4.79 Å². The number of rotatable bonds is 4. The van der Waals surface area contributed by atoms with E-state index in [0.717, 1.165) is 41.0 Å². The van der Waals surface area contributed by atoms with Crippen molar-refractivity contribution in [3.05, 3.63) is 70.6 Å². The monoisotopic (exact) mass is 336 g/mol. The molecule has 0 bridgehead atoms. The van der Waals surface area contributed by atoms with Crippen molar-refractivity contribution in [3.63, 3.8) is 0 Å². The Kier molecular flexibility index (Phi) is 4.32. The van der Waals surface area contributed by atoms with Crippen molar-refractivity contribution in [2.24, 2.45) is 0 Å². The zero-order chi connectivity index (χ0) is 16.4. The Hall–Kier alpha value is -2.17. The van der Waals surface area contributed by atoms with Crippen LogP contribution in [0.1, 0.15) is 20.8 Å². The third-order valence-corrected chi connectivity index (χ3v) is 5.69. The van der Waals surface area contributed by atoms with E-state index in [-0.39, 0.29) is 5.91 Å². The van der Waals surface area contributed by atoms with Gasteiger partial charge in [-0.3, -0.25) is 9.69 Å². The molecule has 2 heterocycles. The first-order chi connectivity index (χ1) is 11.8. The maximum Gasteiger partial charge on any atom is 0.261 e. The largest absolute Gasteiger partial charge is 0.350 e. The second kappa shape index (κ2) is 6.75. The van der Waals surface area contributed by atoms with Gasteiger partial charge in [0.1, 0.15) is 0 Å². The molecule has 1 aliphatic heterocycles. The smallest absolute Gasteiger partial charge is 0.261 e. The third kappa shape index (κ3) is 3.21. The molecule has 1 N–H and O–H groups in total. The van der Waals surface area contributed by atoms with Crippen LogP contribution in [0.3, 0.4) is 0 Å². The number of carbonyl (C=O) groups is 1. The van der Waals surface area contributed by atoms with Crippen molar-refractivity contribution in [1.82, 2.24) is 10.2 Å². The van der Waals surface area contributed by atoms with Gasteiger partial charge >= 0.3 is 0 Å². The first-order valence-electron chi connectivity index (χ1n) is 8.35. The van der Waals surface area contributed by atoms with Crippen LogP contribution in [0.25, 0.3) is 10.1 Å². The fourth-order valence-electron chi connectivity index (χ4n) is 3.25. The van der Waals surface area contributed by atoms with Crippen LogP contribution in [-0.4, -0.2) is 30.4 Å². The average molecular weight is 336 g/mol. The molecular weight excluding hydrogens is 316 g/mol. The normalized spacial score (nSPS) is 14.5. The van der Waals surface area contributed by atoms with Crippen molar-refractivity contribution in [1.29, 1.82) is 0 Å². The number of thiophene rings is 1. The lowest BCUT2D eigenvalue weighted by Gasteiger charge is -2.28. The number of nitrogens with zero attached hydrogens (tertiary/aromatic N) is 1. The van der Waals surface area contributed by atoms with Crippen LogP contribution in [0.2, 0.25) is 0 Å². The predicted molar refractivity (Wildman–Crippen MR) is 99.6 cm³/mol. The molecule has 1 aliphatic rings. The van der Waals surface area contributed by atoms with Crippen LogP contribution >= 0.6 is 11.3 Å². The second-order valence-corrected chi connectivity index (χ2v) is 7.28. The van der Waals surface area contributed by atoms with Crippen molar-refractivity contribution < 1.29 is 4.79 Å². The Morgan fingerprint density at radius 2 is 1.88 bits per heavy atom. The van der Waals surface area contributed by atoms with Crippen LogP contribution in [0.4, 0.5) is 0 Å². The zero-order valence-electron chi connectivity index (χ0n) is 13.5. The maximum atomic E-state index is 12.3. The van der Waals surface area contributed by atoms with Crippen LogP contribution in [-0.2, 0) is 13.0 Å². The topological polar surface area (TPSA) is 32.3 Å². The molecule has 3 aromatic rings. The molecule has 24 heavy (non-hydrogen) atoms. The van der Waals surface area contributed by atoms with Gasteiger partial charge in [0.15, 0.2) is 0 Å². The van der Waals surface area contributed by atoms with Crippen LogP contribution in [0.15, 0.2) is 54.6 Å². The molecule has 4 heteroatoms. The van der Waals surface area contributed by atoms with Gasteiger partial charge in [-0.05, 0) is 35.1 Å². The van der Waals surface area contributed by atoms with Gasteiger partial charge in [-0.25, -0.2) is 0 Å². The summed E-state index contributed by atoms with van der Waals surface area (Å²) in [6.07, 6.45) is 1.10. The molecule has 0 saturated heterocycles. The first-order valence-corrected chi connectivity index (χ1v) is 9.17. The van der Waals surface area contributed by atoms with Crippen LogP contribution in [0, 0.1) is 0 Å². The number of fused-ring (bicyclic) bond motifs is 2. The summed E-state index contributed by atoms with van der Waals surface area (Å²) in [5.41, 5.74) is 2.88. The molecular formula is C20H20N2OS. The number of nitrogens with one attached hydrogen (secondary N) is 1. The molecule has 1 aromatic heterocycles. The van der Waals surface area contributed by atoms with Gasteiger partial charge in [-0.15, -0.1) is 11.3 Å². The summed E-state index contributed by atoms with van der Waals surface area (Å²) in [4.78, 5) is 15.5. The molecule has 0 radical (unpaired) electrons. The molecule has 0 aliphatic carbocycles. The van der Waals surface area contributed by atoms with E-state index in [0.29, 0.717) is 6.54 Å². The van der Waals surface area contributed by atoms with Gasteiger partial charge in [-0.1, -0.05) is 42.5 Å². The highest BCUT2D eigenvalue weighted by atomic mass is 32.1. The second-order valence-electron chi connectivity index (χ2n) is 6.20. The average Bonchev–Trinajstić information content (AvgIpc) is 3.06. The SMILES string of the molecule is O=C(NCCN1CCc2ccccc2C1)c1cc2ccccc2s1. The third-order valence-electron chi connectivity index (χ3n) is 4.57. The Morgan fingerprint density at radius 3 is 2.75 bits per heavy atom. The van der Waals surface area contributed by atoms with Gasteiger partial charge in [0.05, 0.1) is 4.88 Å². The Labute approximate surface area is 145 Å². The van der Waals surface area contributed by atoms with Gasteiger partial charge < -0.3 is 5.32 Å². The summed E-state index contributed by atoms with van der Waals surface area (Å²) >= 11 is 1.56.